The van der Waals surface area contributed by atoms with Crippen LogP contribution in [0.2, 0.25) is 0 Å². The summed E-state index contributed by atoms with van der Waals surface area (Å²) in [7, 11) is 0. The summed E-state index contributed by atoms with van der Waals surface area (Å²) in [6, 6.07) is 10.4. The van der Waals surface area contributed by atoms with Crippen LogP contribution in [0, 0.1) is 5.82 Å². The normalized spacial score (nSPS) is 10.5. The molecule has 0 saturated heterocycles. The molecule has 0 aliphatic heterocycles. The molecule has 1 heterocycles. The number of aromatic nitrogens is 1. The number of hydrogen-bond donors (Lipinski definition) is 1. The van der Waals surface area contributed by atoms with Crippen molar-refractivity contribution in [2.45, 2.75) is 16.3 Å². The fraction of sp³-hybridized carbons (Fsp3) is 0.154. The Morgan fingerprint density at radius 2 is 2.12 bits per heavy atom. The van der Waals surface area contributed by atoms with Gasteiger partial charge in [-0.2, -0.15) is 0 Å². The highest BCUT2D eigenvalue weighted by atomic mass is 32.2. The van der Waals surface area contributed by atoms with Gasteiger partial charge in [-0.3, -0.25) is 0 Å². The van der Waals surface area contributed by atoms with Gasteiger partial charge in [-0.25, -0.2) is 9.37 Å². The first-order valence-electron chi connectivity index (χ1n) is 5.36. The Labute approximate surface area is 104 Å². The summed E-state index contributed by atoms with van der Waals surface area (Å²) in [6.07, 6.45) is 2.65. The predicted molar refractivity (Wildman–Crippen MR) is 67.5 cm³/mol. The lowest BCUT2D eigenvalue weighted by Crippen LogP contribution is -2.02. The largest absolute Gasteiger partial charge is 0.330 e. The van der Waals surface area contributed by atoms with Crippen LogP contribution in [0.5, 0.6) is 0 Å². The van der Waals surface area contributed by atoms with E-state index in [1.165, 1.54) is 23.9 Å². The number of rotatable bonds is 4. The quantitative estimate of drug-likeness (QED) is 0.904. The molecule has 0 fully saturated rings. The number of pyridine rings is 1. The molecule has 2 N–H and O–H groups in total. The number of nitrogens with two attached hydrogens (primary N) is 1. The van der Waals surface area contributed by atoms with Crippen molar-refractivity contribution >= 4 is 11.8 Å². The summed E-state index contributed by atoms with van der Waals surface area (Å²) in [5.74, 6) is -0.227. The lowest BCUT2D eigenvalue weighted by molar-refractivity contribution is 0.624. The minimum Gasteiger partial charge on any atom is -0.330 e. The maximum Gasteiger partial charge on any atom is 0.124 e. The lowest BCUT2D eigenvalue weighted by atomic mass is 10.2. The van der Waals surface area contributed by atoms with Gasteiger partial charge in [-0.1, -0.05) is 23.9 Å². The lowest BCUT2D eigenvalue weighted by Gasteiger charge is -2.02. The second-order valence-corrected chi connectivity index (χ2v) is 4.70. The molecule has 2 nitrogen and oxygen atoms in total. The molecule has 0 bridgehead atoms. The van der Waals surface area contributed by atoms with Crippen LogP contribution in [-0.4, -0.2) is 11.5 Å². The molecule has 2 aromatic rings. The monoisotopic (exact) mass is 248 g/mol. The molecule has 0 spiro atoms. The molecule has 1 aromatic heterocycles. The first-order chi connectivity index (χ1) is 8.28. The molecular weight excluding hydrogens is 235 g/mol. The summed E-state index contributed by atoms with van der Waals surface area (Å²) in [6.45, 7) is 0.623. The van der Waals surface area contributed by atoms with Crippen molar-refractivity contribution in [3.8, 4) is 0 Å². The molecular formula is C13H13FN2S. The minimum absolute atomic E-state index is 0.227. The summed E-state index contributed by atoms with van der Waals surface area (Å²) < 4.78 is 13.0. The smallest absolute Gasteiger partial charge is 0.124 e. The third-order valence-corrected chi connectivity index (χ3v) is 3.19. The maximum atomic E-state index is 13.0. The molecule has 0 aliphatic rings. The fourth-order valence-corrected chi connectivity index (χ4v) is 2.24. The van der Waals surface area contributed by atoms with Crippen LogP contribution in [-0.2, 0) is 6.42 Å². The second kappa shape index (κ2) is 5.80. The van der Waals surface area contributed by atoms with Crippen LogP contribution >= 0.6 is 11.8 Å². The van der Waals surface area contributed by atoms with Crippen LogP contribution in [0.1, 0.15) is 5.56 Å². The van der Waals surface area contributed by atoms with Crippen molar-refractivity contribution in [2.75, 3.05) is 6.54 Å². The Balaban J connectivity index is 2.08. The van der Waals surface area contributed by atoms with Crippen molar-refractivity contribution in [3.05, 3.63) is 54.0 Å². The Bertz CT molecular complexity index is 485. The zero-order valence-corrected chi connectivity index (χ0v) is 10.1. The van der Waals surface area contributed by atoms with Crippen LogP contribution in [0.4, 0.5) is 4.39 Å². The van der Waals surface area contributed by atoms with Crippen LogP contribution < -0.4 is 5.73 Å². The van der Waals surface area contributed by atoms with Crippen molar-refractivity contribution < 1.29 is 4.39 Å². The van der Waals surface area contributed by atoms with Gasteiger partial charge in [0, 0.05) is 11.1 Å². The Morgan fingerprint density at radius 1 is 1.24 bits per heavy atom. The average molecular weight is 248 g/mol. The van der Waals surface area contributed by atoms with Gasteiger partial charge in [0.05, 0.1) is 0 Å². The zero-order chi connectivity index (χ0) is 12.1. The van der Waals surface area contributed by atoms with Crippen molar-refractivity contribution in [3.63, 3.8) is 0 Å². The molecule has 0 atom stereocenters. The van der Waals surface area contributed by atoms with Gasteiger partial charge in [0.1, 0.15) is 10.8 Å². The molecule has 1 aromatic carbocycles. The first-order valence-corrected chi connectivity index (χ1v) is 6.18. The summed E-state index contributed by atoms with van der Waals surface area (Å²) >= 11 is 1.45. The molecule has 0 amide bonds. The fourth-order valence-electron chi connectivity index (χ4n) is 1.44. The van der Waals surface area contributed by atoms with E-state index in [2.05, 4.69) is 4.98 Å². The van der Waals surface area contributed by atoms with Crippen LogP contribution in [0.25, 0.3) is 0 Å². The third kappa shape index (κ3) is 3.54. The van der Waals surface area contributed by atoms with Crippen molar-refractivity contribution in [1.29, 1.82) is 0 Å². The summed E-state index contributed by atoms with van der Waals surface area (Å²) in [5.41, 5.74) is 6.59. The van der Waals surface area contributed by atoms with E-state index >= 15 is 0 Å². The van der Waals surface area contributed by atoms with E-state index in [4.69, 9.17) is 5.73 Å². The molecule has 88 valence electrons. The third-order valence-electron chi connectivity index (χ3n) is 2.25. The highest BCUT2D eigenvalue weighted by Crippen LogP contribution is 2.26. The summed E-state index contributed by atoms with van der Waals surface area (Å²) in [4.78, 5) is 5.16. The summed E-state index contributed by atoms with van der Waals surface area (Å²) in [5, 5.41) is 0.858. The van der Waals surface area contributed by atoms with E-state index in [9.17, 15) is 4.39 Å². The molecule has 2 rings (SSSR count). The van der Waals surface area contributed by atoms with Gasteiger partial charge in [0.25, 0.3) is 0 Å². The van der Waals surface area contributed by atoms with Crippen molar-refractivity contribution in [2.24, 2.45) is 5.73 Å². The van der Waals surface area contributed by atoms with Crippen LogP contribution in [0.15, 0.2) is 52.5 Å². The number of halogens is 1. The van der Waals surface area contributed by atoms with E-state index in [0.717, 1.165) is 21.9 Å². The zero-order valence-electron chi connectivity index (χ0n) is 9.27. The average Bonchev–Trinajstić information content (AvgIpc) is 2.32. The van der Waals surface area contributed by atoms with E-state index in [0.29, 0.717) is 6.54 Å². The molecule has 0 radical (unpaired) electrons. The van der Waals surface area contributed by atoms with E-state index in [1.54, 1.807) is 6.07 Å². The maximum absolute atomic E-state index is 13.0. The van der Waals surface area contributed by atoms with Gasteiger partial charge in [0.15, 0.2) is 0 Å². The minimum atomic E-state index is -0.227. The second-order valence-electron chi connectivity index (χ2n) is 3.60. The number of benzene rings is 1. The van der Waals surface area contributed by atoms with Gasteiger partial charge in [-0.15, -0.1) is 0 Å². The standard InChI is InChI=1S/C13H13FN2S/c14-11-2-1-3-12(8-11)17-13-5-4-10(6-7-15)9-16-13/h1-5,8-9H,6-7,15H2. The first kappa shape index (κ1) is 12.1. The van der Waals surface area contributed by atoms with Gasteiger partial charge < -0.3 is 5.73 Å². The van der Waals surface area contributed by atoms with Gasteiger partial charge in [0.2, 0.25) is 0 Å². The Morgan fingerprint density at radius 3 is 2.76 bits per heavy atom. The van der Waals surface area contributed by atoms with Gasteiger partial charge >= 0.3 is 0 Å². The number of hydrogen-bond acceptors (Lipinski definition) is 3. The molecule has 0 saturated carbocycles. The van der Waals surface area contributed by atoms with E-state index < -0.39 is 0 Å². The van der Waals surface area contributed by atoms with Crippen LogP contribution in [0.3, 0.4) is 0 Å². The topological polar surface area (TPSA) is 38.9 Å². The van der Waals surface area contributed by atoms with Crippen molar-refractivity contribution in [1.82, 2.24) is 4.98 Å². The predicted octanol–water partition coefficient (Wildman–Crippen LogP) is 2.87. The Kier molecular flexibility index (Phi) is 4.12. The highest BCUT2D eigenvalue weighted by molar-refractivity contribution is 7.99. The Hall–Kier alpha value is -1.39. The molecule has 0 aliphatic carbocycles. The molecule has 4 heteroatoms. The SMILES string of the molecule is NCCc1ccc(Sc2cccc(F)c2)nc1. The molecule has 17 heavy (non-hydrogen) atoms. The van der Waals surface area contributed by atoms with E-state index in [-0.39, 0.29) is 5.82 Å². The van der Waals surface area contributed by atoms with Gasteiger partial charge in [-0.05, 0) is 42.8 Å². The van der Waals surface area contributed by atoms with E-state index in [1.807, 2.05) is 24.4 Å². The molecule has 0 unspecified atom stereocenters. The highest BCUT2D eigenvalue weighted by Gasteiger charge is 2.00. The number of nitrogens with zero attached hydrogens (tertiary/aromatic N) is 1.